The van der Waals surface area contributed by atoms with E-state index in [2.05, 4.69) is 37.6 Å². The summed E-state index contributed by atoms with van der Waals surface area (Å²) < 4.78 is 5.31. The number of nitrogens with two attached hydrogens (primary N) is 1. The Morgan fingerprint density at radius 1 is 1.45 bits per heavy atom. The maximum Gasteiger partial charge on any atom is 0.111 e. The lowest BCUT2D eigenvalue weighted by Gasteiger charge is -2.36. The summed E-state index contributed by atoms with van der Waals surface area (Å²) in [4.78, 5) is 2.34. The van der Waals surface area contributed by atoms with E-state index in [4.69, 9.17) is 10.5 Å². The van der Waals surface area contributed by atoms with Gasteiger partial charge in [-0.1, -0.05) is 19.1 Å². The summed E-state index contributed by atoms with van der Waals surface area (Å²) in [6.45, 7) is 7.25. The molecular formula is C19H32N2O. The van der Waals surface area contributed by atoms with Crippen molar-refractivity contribution < 1.29 is 4.74 Å². The molecule has 0 amide bonds. The number of hydrogen-bond acceptors (Lipinski definition) is 3. The van der Waals surface area contributed by atoms with Crippen LogP contribution in [0.2, 0.25) is 0 Å². The zero-order valence-corrected chi connectivity index (χ0v) is 14.5. The van der Waals surface area contributed by atoms with Crippen LogP contribution < -0.4 is 5.73 Å². The van der Waals surface area contributed by atoms with Crippen LogP contribution >= 0.6 is 0 Å². The van der Waals surface area contributed by atoms with Gasteiger partial charge in [0.05, 0.1) is 12.8 Å². The van der Waals surface area contributed by atoms with E-state index in [9.17, 15) is 0 Å². The highest BCUT2D eigenvalue weighted by Gasteiger charge is 2.38. The van der Waals surface area contributed by atoms with E-state index >= 15 is 0 Å². The van der Waals surface area contributed by atoms with E-state index in [1.807, 2.05) is 0 Å². The van der Waals surface area contributed by atoms with Crippen LogP contribution in [0.5, 0.6) is 0 Å². The molecule has 2 fully saturated rings. The fraction of sp³-hybridized carbons (Fsp3) is 0.684. The molecule has 1 saturated carbocycles. The summed E-state index contributed by atoms with van der Waals surface area (Å²) >= 11 is 0. The summed E-state index contributed by atoms with van der Waals surface area (Å²) in [5.74, 6) is 1.25. The SMILES string of the molecule is C=C(/C=C1\C(=C/C)CCCCC1C[C@]1(N)CCCN1C)OC. The lowest BCUT2D eigenvalue weighted by Crippen LogP contribution is -2.51. The molecule has 0 bridgehead atoms. The Labute approximate surface area is 135 Å². The molecule has 2 aliphatic rings. The first-order chi connectivity index (χ1) is 10.5. The van der Waals surface area contributed by atoms with Gasteiger partial charge in [-0.2, -0.15) is 0 Å². The van der Waals surface area contributed by atoms with Crippen molar-refractivity contribution in [1.82, 2.24) is 4.90 Å². The zero-order valence-electron chi connectivity index (χ0n) is 14.5. The maximum absolute atomic E-state index is 6.72. The van der Waals surface area contributed by atoms with Gasteiger partial charge in [-0.3, -0.25) is 4.90 Å². The van der Waals surface area contributed by atoms with Gasteiger partial charge in [0.15, 0.2) is 0 Å². The number of ether oxygens (including phenoxy) is 1. The van der Waals surface area contributed by atoms with E-state index < -0.39 is 0 Å². The predicted molar refractivity (Wildman–Crippen MR) is 93.3 cm³/mol. The van der Waals surface area contributed by atoms with Crippen LogP contribution in [-0.4, -0.2) is 31.3 Å². The summed E-state index contributed by atoms with van der Waals surface area (Å²) in [6.07, 6.45) is 12.7. The van der Waals surface area contributed by atoms with Crippen molar-refractivity contribution in [1.29, 1.82) is 0 Å². The Hall–Kier alpha value is -1.06. The maximum atomic E-state index is 6.72. The molecule has 3 heteroatoms. The van der Waals surface area contributed by atoms with Crippen LogP contribution in [0.25, 0.3) is 0 Å². The summed E-state index contributed by atoms with van der Waals surface area (Å²) in [6, 6.07) is 0. The molecule has 2 N–H and O–H groups in total. The number of hydrogen-bond donors (Lipinski definition) is 1. The van der Waals surface area contributed by atoms with E-state index in [1.165, 1.54) is 36.8 Å². The minimum Gasteiger partial charge on any atom is -0.497 e. The van der Waals surface area contributed by atoms with Gasteiger partial charge in [-0.05, 0) is 82.2 Å². The Bertz CT molecular complexity index is 466. The van der Waals surface area contributed by atoms with E-state index in [0.717, 1.165) is 31.6 Å². The molecule has 1 aliphatic heterocycles. The minimum atomic E-state index is -0.151. The summed E-state index contributed by atoms with van der Waals surface area (Å²) in [7, 11) is 3.85. The Kier molecular flexibility index (Phi) is 5.87. The standard InChI is InChI=1S/C19H32N2O/c1-5-16-9-6-7-10-17(18(16)13-15(2)22-4)14-19(20)11-8-12-21(19)3/h5,13,17H,2,6-12,14,20H2,1,3-4H3/b16-5-,18-13+/t17?,19-/m0/s1. The molecule has 22 heavy (non-hydrogen) atoms. The molecule has 0 aromatic carbocycles. The third kappa shape index (κ3) is 3.82. The molecule has 2 rings (SSSR count). The van der Waals surface area contributed by atoms with Gasteiger partial charge in [-0.25, -0.2) is 0 Å². The monoisotopic (exact) mass is 304 g/mol. The molecule has 0 aromatic rings. The molecule has 1 aliphatic carbocycles. The lowest BCUT2D eigenvalue weighted by atomic mass is 9.82. The van der Waals surface area contributed by atoms with Crippen molar-refractivity contribution >= 4 is 0 Å². The highest BCUT2D eigenvalue weighted by molar-refractivity contribution is 5.37. The third-order valence-electron chi connectivity index (χ3n) is 5.45. The van der Waals surface area contributed by atoms with Crippen molar-refractivity contribution in [3.05, 3.63) is 35.6 Å². The van der Waals surface area contributed by atoms with E-state index in [0.29, 0.717) is 5.92 Å². The van der Waals surface area contributed by atoms with Crippen LogP contribution in [0.3, 0.4) is 0 Å². The largest absolute Gasteiger partial charge is 0.497 e. The van der Waals surface area contributed by atoms with Crippen LogP contribution in [0.4, 0.5) is 0 Å². The fourth-order valence-corrected chi connectivity index (χ4v) is 3.95. The second-order valence-corrected chi connectivity index (χ2v) is 6.86. The highest BCUT2D eigenvalue weighted by Crippen LogP contribution is 2.40. The second-order valence-electron chi connectivity index (χ2n) is 6.86. The summed E-state index contributed by atoms with van der Waals surface area (Å²) in [5.41, 5.74) is 9.42. The Morgan fingerprint density at radius 3 is 2.82 bits per heavy atom. The molecule has 3 nitrogen and oxygen atoms in total. The highest BCUT2D eigenvalue weighted by atomic mass is 16.5. The quantitative estimate of drug-likeness (QED) is 0.630. The van der Waals surface area contributed by atoms with Gasteiger partial charge in [0, 0.05) is 0 Å². The first-order valence-corrected chi connectivity index (χ1v) is 8.60. The fourth-order valence-electron chi connectivity index (χ4n) is 3.95. The average molecular weight is 304 g/mol. The van der Waals surface area contributed by atoms with E-state index in [-0.39, 0.29) is 5.66 Å². The predicted octanol–water partition coefficient (Wildman–Crippen LogP) is 3.98. The first kappa shape index (κ1) is 17.3. The molecule has 0 radical (unpaired) electrons. The van der Waals surface area contributed by atoms with Gasteiger partial charge >= 0.3 is 0 Å². The van der Waals surface area contributed by atoms with E-state index in [1.54, 1.807) is 7.11 Å². The molecule has 0 aromatic heterocycles. The molecule has 1 unspecified atom stereocenters. The van der Waals surface area contributed by atoms with Crippen molar-refractivity contribution in [3.8, 4) is 0 Å². The molecular weight excluding hydrogens is 272 g/mol. The third-order valence-corrected chi connectivity index (χ3v) is 5.45. The lowest BCUT2D eigenvalue weighted by molar-refractivity contribution is 0.147. The second kappa shape index (κ2) is 7.47. The number of methoxy groups -OCH3 is 1. The van der Waals surface area contributed by atoms with Gasteiger partial charge in [0.25, 0.3) is 0 Å². The van der Waals surface area contributed by atoms with Gasteiger partial charge < -0.3 is 10.5 Å². The van der Waals surface area contributed by atoms with Crippen LogP contribution in [0.15, 0.2) is 35.6 Å². The van der Waals surface area contributed by atoms with Crippen molar-refractivity contribution in [2.75, 3.05) is 20.7 Å². The van der Waals surface area contributed by atoms with Gasteiger partial charge in [-0.15, -0.1) is 0 Å². The van der Waals surface area contributed by atoms with Crippen LogP contribution in [0, 0.1) is 5.92 Å². The number of nitrogens with zero attached hydrogens (tertiary/aromatic N) is 1. The number of allylic oxidation sites excluding steroid dienone is 4. The molecule has 1 saturated heterocycles. The van der Waals surface area contributed by atoms with Crippen molar-refractivity contribution in [3.63, 3.8) is 0 Å². The Morgan fingerprint density at radius 2 is 2.23 bits per heavy atom. The van der Waals surface area contributed by atoms with Crippen LogP contribution in [0.1, 0.15) is 51.9 Å². The van der Waals surface area contributed by atoms with Crippen LogP contribution in [-0.2, 0) is 4.74 Å². The number of likely N-dealkylation sites (tertiary alicyclic amines) is 1. The molecule has 1 heterocycles. The minimum absolute atomic E-state index is 0.151. The zero-order chi connectivity index (χ0) is 16.2. The summed E-state index contributed by atoms with van der Waals surface area (Å²) in [5, 5.41) is 0. The average Bonchev–Trinajstić information content (AvgIpc) is 2.71. The molecule has 2 atom stereocenters. The number of rotatable bonds is 4. The molecule has 0 spiro atoms. The topological polar surface area (TPSA) is 38.5 Å². The van der Waals surface area contributed by atoms with Crippen molar-refractivity contribution in [2.45, 2.75) is 57.5 Å². The smallest absolute Gasteiger partial charge is 0.111 e. The van der Waals surface area contributed by atoms with Gasteiger partial charge in [0.2, 0.25) is 0 Å². The van der Waals surface area contributed by atoms with Crippen molar-refractivity contribution in [2.24, 2.45) is 11.7 Å². The Balaban J connectivity index is 2.28. The first-order valence-electron chi connectivity index (χ1n) is 8.60. The normalized spacial score (nSPS) is 34.1. The van der Waals surface area contributed by atoms with Gasteiger partial charge in [0.1, 0.15) is 5.76 Å². The molecule has 124 valence electrons.